The summed E-state index contributed by atoms with van der Waals surface area (Å²) in [5.41, 5.74) is 0.578. The number of aromatic nitrogens is 1. The number of benzene rings is 1. The quantitative estimate of drug-likeness (QED) is 0.814. The van der Waals surface area contributed by atoms with E-state index < -0.39 is 9.84 Å². The van der Waals surface area contributed by atoms with E-state index in [-0.39, 0.29) is 10.6 Å². The van der Waals surface area contributed by atoms with E-state index in [4.69, 9.17) is 23.2 Å². The summed E-state index contributed by atoms with van der Waals surface area (Å²) < 4.78 is 24.3. The highest BCUT2D eigenvalue weighted by atomic mass is 35.5. The molecule has 1 heterocycles. The van der Waals surface area contributed by atoms with Crippen molar-refractivity contribution < 1.29 is 8.42 Å². The minimum absolute atomic E-state index is 0.0399. The van der Waals surface area contributed by atoms with E-state index in [1.807, 2.05) is 0 Å². The van der Waals surface area contributed by atoms with E-state index in [0.29, 0.717) is 28.2 Å². The van der Waals surface area contributed by atoms with Crippen molar-refractivity contribution in [3.05, 3.63) is 35.5 Å². The second-order valence-corrected chi connectivity index (χ2v) is 6.72. The fraction of sp³-hybridized carbons (Fsp3) is 0.250. The first kappa shape index (κ1) is 13.6. The van der Waals surface area contributed by atoms with Crippen molar-refractivity contribution in [2.24, 2.45) is 0 Å². The van der Waals surface area contributed by atoms with Crippen molar-refractivity contribution in [2.75, 3.05) is 11.6 Å². The SMILES string of the molecule is O=S(=O)(CCCCl)c1ccnc2cc(Cl)ccc12. The Morgan fingerprint density at radius 1 is 1.22 bits per heavy atom. The molecule has 0 aliphatic heterocycles. The van der Waals surface area contributed by atoms with Crippen molar-refractivity contribution in [1.29, 1.82) is 0 Å². The van der Waals surface area contributed by atoms with Gasteiger partial charge >= 0.3 is 0 Å². The summed E-state index contributed by atoms with van der Waals surface area (Å²) in [5, 5.41) is 1.13. The van der Waals surface area contributed by atoms with Crippen LogP contribution < -0.4 is 0 Å². The Kier molecular flexibility index (Phi) is 4.10. The Hall–Kier alpha value is -0.840. The highest BCUT2D eigenvalue weighted by molar-refractivity contribution is 7.91. The van der Waals surface area contributed by atoms with Gasteiger partial charge in [0, 0.05) is 22.5 Å². The normalized spacial score (nSPS) is 11.9. The van der Waals surface area contributed by atoms with Crippen LogP contribution in [0.3, 0.4) is 0 Å². The smallest absolute Gasteiger partial charge is 0.179 e. The van der Waals surface area contributed by atoms with Crippen LogP contribution >= 0.6 is 23.2 Å². The molecule has 0 unspecified atom stereocenters. The molecule has 3 nitrogen and oxygen atoms in total. The number of hydrogen-bond donors (Lipinski definition) is 0. The summed E-state index contributed by atoms with van der Waals surface area (Å²) in [4.78, 5) is 4.41. The maximum Gasteiger partial charge on any atom is 0.179 e. The molecule has 96 valence electrons. The van der Waals surface area contributed by atoms with E-state index in [9.17, 15) is 8.42 Å². The second-order valence-electron chi connectivity index (χ2n) is 3.83. The van der Waals surface area contributed by atoms with Gasteiger partial charge in [-0.25, -0.2) is 8.42 Å². The second kappa shape index (κ2) is 5.43. The van der Waals surface area contributed by atoms with Crippen molar-refractivity contribution in [3.8, 4) is 0 Å². The fourth-order valence-corrected chi connectivity index (χ4v) is 3.70. The molecule has 0 fully saturated rings. The lowest BCUT2D eigenvalue weighted by Crippen LogP contribution is -2.08. The van der Waals surface area contributed by atoms with Gasteiger partial charge in [-0.15, -0.1) is 11.6 Å². The Morgan fingerprint density at radius 2 is 2.00 bits per heavy atom. The molecule has 0 aliphatic carbocycles. The molecule has 0 saturated heterocycles. The first-order chi connectivity index (χ1) is 8.54. The third kappa shape index (κ3) is 2.76. The van der Waals surface area contributed by atoms with E-state index in [2.05, 4.69) is 4.98 Å². The molecule has 2 rings (SSSR count). The van der Waals surface area contributed by atoms with Gasteiger partial charge in [0.2, 0.25) is 0 Å². The van der Waals surface area contributed by atoms with Crippen molar-refractivity contribution in [2.45, 2.75) is 11.3 Å². The van der Waals surface area contributed by atoms with Gasteiger partial charge in [0.15, 0.2) is 9.84 Å². The van der Waals surface area contributed by atoms with Crippen LogP contribution in [0.2, 0.25) is 5.02 Å². The van der Waals surface area contributed by atoms with Gasteiger partial charge in [0.1, 0.15) is 0 Å². The third-order valence-electron chi connectivity index (χ3n) is 2.55. The Morgan fingerprint density at radius 3 is 2.72 bits per heavy atom. The molecule has 0 saturated carbocycles. The zero-order valence-corrected chi connectivity index (χ0v) is 11.8. The van der Waals surface area contributed by atoms with E-state index in [1.165, 1.54) is 12.3 Å². The molecule has 0 bridgehead atoms. The van der Waals surface area contributed by atoms with Crippen LogP contribution in [0.25, 0.3) is 10.9 Å². The van der Waals surface area contributed by atoms with Crippen LogP contribution in [0.4, 0.5) is 0 Å². The van der Waals surface area contributed by atoms with Crippen LogP contribution in [-0.4, -0.2) is 25.0 Å². The molecule has 0 N–H and O–H groups in total. The average molecular weight is 304 g/mol. The number of alkyl halides is 1. The molecule has 2 aromatic rings. The molecule has 1 aromatic carbocycles. The molecule has 0 aliphatic rings. The van der Waals surface area contributed by atoms with Crippen molar-refractivity contribution in [3.63, 3.8) is 0 Å². The summed E-state index contributed by atoms with van der Waals surface area (Å²) in [7, 11) is -3.33. The maximum atomic E-state index is 12.2. The maximum absolute atomic E-state index is 12.2. The highest BCUT2D eigenvalue weighted by Crippen LogP contribution is 2.25. The van der Waals surface area contributed by atoms with Gasteiger partial charge in [-0.2, -0.15) is 0 Å². The zero-order valence-electron chi connectivity index (χ0n) is 9.44. The third-order valence-corrected chi connectivity index (χ3v) is 4.90. The van der Waals surface area contributed by atoms with Gasteiger partial charge in [0.05, 0.1) is 16.2 Å². The number of sulfone groups is 1. The molecule has 6 heteroatoms. The van der Waals surface area contributed by atoms with Crippen LogP contribution in [0.5, 0.6) is 0 Å². The minimum atomic E-state index is -3.33. The van der Waals surface area contributed by atoms with Crippen LogP contribution in [0, 0.1) is 0 Å². The lowest BCUT2D eigenvalue weighted by molar-refractivity contribution is 0.595. The average Bonchev–Trinajstić information content (AvgIpc) is 2.35. The topological polar surface area (TPSA) is 47.0 Å². The van der Waals surface area contributed by atoms with Crippen LogP contribution in [0.1, 0.15) is 6.42 Å². The summed E-state index contributed by atoms with van der Waals surface area (Å²) >= 11 is 11.4. The Bertz CT molecular complexity index is 671. The molecule has 0 atom stereocenters. The van der Waals surface area contributed by atoms with Crippen LogP contribution in [-0.2, 0) is 9.84 Å². The molecule has 1 aromatic heterocycles. The van der Waals surface area contributed by atoms with E-state index in [1.54, 1.807) is 18.2 Å². The summed E-state index contributed by atoms with van der Waals surface area (Å²) in [6, 6.07) is 6.50. The van der Waals surface area contributed by atoms with Crippen molar-refractivity contribution >= 4 is 43.9 Å². The number of nitrogens with zero attached hydrogens (tertiary/aromatic N) is 1. The van der Waals surface area contributed by atoms with Gasteiger partial charge in [0.25, 0.3) is 0 Å². The lowest BCUT2D eigenvalue weighted by Gasteiger charge is -2.07. The highest BCUT2D eigenvalue weighted by Gasteiger charge is 2.17. The monoisotopic (exact) mass is 303 g/mol. The van der Waals surface area contributed by atoms with Gasteiger partial charge in [-0.1, -0.05) is 17.7 Å². The van der Waals surface area contributed by atoms with E-state index >= 15 is 0 Å². The van der Waals surface area contributed by atoms with E-state index in [0.717, 1.165) is 0 Å². The number of hydrogen-bond acceptors (Lipinski definition) is 3. The first-order valence-corrected chi connectivity index (χ1v) is 7.94. The molecular weight excluding hydrogens is 293 g/mol. The Labute approximate surface area is 116 Å². The summed E-state index contributed by atoms with van der Waals surface area (Å²) in [6.45, 7) is 0. The predicted octanol–water partition coefficient (Wildman–Crippen LogP) is 3.29. The summed E-state index contributed by atoms with van der Waals surface area (Å²) in [5.74, 6) is 0.367. The number of halogens is 2. The zero-order chi connectivity index (χ0) is 13.2. The first-order valence-electron chi connectivity index (χ1n) is 5.37. The van der Waals surface area contributed by atoms with Gasteiger partial charge < -0.3 is 0 Å². The number of fused-ring (bicyclic) bond motifs is 1. The standard InChI is InChI=1S/C12H11Cl2NO2S/c13-5-1-7-18(16,17)12-4-6-15-11-8-9(14)2-3-10(11)12/h2-4,6,8H,1,5,7H2. The van der Waals surface area contributed by atoms with Gasteiger partial charge in [-0.3, -0.25) is 4.98 Å². The fourth-order valence-electron chi connectivity index (χ4n) is 1.72. The van der Waals surface area contributed by atoms with Gasteiger partial charge in [-0.05, 0) is 24.6 Å². The summed E-state index contributed by atoms with van der Waals surface area (Å²) in [6.07, 6.45) is 1.91. The molecule has 18 heavy (non-hydrogen) atoms. The number of rotatable bonds is 4. The number of pyridine rings is 1. The predicted molar refractivity (Wildman–Crippen MR) is 74.1 cm³/mol. The molecule has 0 radical (unpaired) electrons. The Balaban J connectivity index is 2.58. The molecule has 0 spiro atoms. The van der Waals surface area contributed by atoms with Crippen molar-refractivity contribution in [1.82, 2.24) is 4.98 Å². The largest absolute Gasteiger partial charge is 0.256 e. The van der Waals surface area contributed by atoms with Crippen LogP contribution in [0.15, 0.2) is 35.4 Å². The minimum Gasteiger partial charge on any atom is -0.256 e. The molecular formula is C12H11Cl2NO2S. The lowest BCUT2D eigenvalue weighted by atomic mass is 10.2. The molecule has 0 amide bonds.